The molecule has 140 valence electrons. The molecule has 0 radical (unpaired) electrons. The van der Waals surface area contributed by atoms with Crippen molar-refractivity contribution in [2.24, 2.45) is 11.8 Å². The molecule has 0 saturated heterocycles. The van der Waals surface area contributed by atoms with Crippen LogP contribution in [0.2, 0.25) is 0 Å². The number of hydrogen-bond acceptors (Lipinski definition) is 7. The molecule has 3 heterocycles. The van der Waals surface area contributed by atoms with Crippen molar-refractivity contribution >= 4 is 28.3 Å². The van der Waals surface area contributed by atoms with Crippen molar-refractivity contribution in [3.05, 3.63) is 42.4 Å². The fourth-order valence-corrected chi connectivity index (χ4v) is 3.16. The van der Waals surface area contributed by atoms with Gasteiger partial charge in [-0.25, -0.2) is 9.97 Å². The summed E-state index contributed by atoms with van der Waals surface area (Å²) >= 11 is 0. The smallest absolute Gasteiger partial charge is 0.230 e. The van der Waals surface area contributed by atoms with Crippen LogP contribution in [0.15, 0.2) is 36.8 Å². The zero-order chi connectivity index (χ0) is 19.7. The van der Waals surface area contributed by atoms with E-state index in [2.05, 4.69) is 26.3 Å². The van der Waals surface area contributed by atoms with E-state index in [9.17, 15) is 4.79 Å². The Bertz CT molecular complexity index is 1110. The number of aromatic nitrogens is 3. The maximum Gasteiger partial charge on any atom is 0.230 e. The van der Waals surface area contributed by atoms with Gasteiger partial charge in [-0.3, -0.25) is 9.78 Å². The molecule has 4 rings (SSSR count). The highest BCUT2D eigenvalue weighted by Gasteiger charge is 2.43. The molecular weight excluding hydrogens is 356 g/mol. The van der Waals surface area contributed by atoms with Gasteiger partial charge in [-0.15, -0.1) is 0 Å². The van der Waals surface area contributed by atoms with Crippen LogP contribution in [-0.4, -0.2) is 28.0 Å². The van der Waals surface area contributed by atoms with Crippen molar-refractivity contribution in [2.75, 3.05) is 18.2 Å². The summed E-state index contributed by atoms with van der Waals surface area (Å²) in [7, 11) is 1.63. The second-order valence-electron chi connectivity index (χ2n) is 6.72. The van der Waals surface area contributed by atoms with E-state index in [0.29, 0.717) is 35.7 Å². The summed E-state index contributed by atoms with van der Waals surface area (Å²) in [5.41, 5.74) is 8.58. The summed E-state index contributed by atoms with van der Waals surface area (Å²) in [5, 5.41) is 13.2. The van der Waals surface area contributed by atoms with Gasteiger partial charge in [-0.2, -0.15) is 5.26 Å². The van der Waals surface area contributed by atoms with E-state index in [1.165, 1.54) is 0 Å². The van der Waals surface area contributed by atoms with Crippen LogP contribution < -0.4 is 11.1 Å². The number of pyridine rings is 3. The lowest BCUT2D eigenvalue weighted by atomic mass is 10.0. The standard InChI is InChI=1S/C20H18N6O2/c1-28-10-11-2-3-23-8-15(11)17-5-12-6-18(24-9-16(12)19(22)25-17)26-20(27)14-4-13(14)7-21/h2-3,5-6,8-9,13-14H,4,10H2,1H3,(H2,22,25)(H,24,26,27)/t13?,14-/m0/s1. The second kappa shape index (κ2) is 7.21. The number of nitrogens with one attached hydrogen (secondary N) is 1. The van der Waals surface area contributed by atoms with Crippen LogP contribution in [0, 0.1) is 23.2 Å². The number of carbonyl (C=O) groups is 1. The molecule has 3 N–H and O–H groups in total. The monoisotopic (exact) mass is 374 g/mol. The van der Waals surface area contributed by atoms with Crippen molar-refractivity contribution in [2.45, 2.75) is 13.0 Å². The Morgan fingerprint density at radius 1 is 1.43 bits per heavy atom. The van der Waals surface area contributed by atoms with Crippen molar-refractivity contribution in [3.8, 4) is 17.3 Å². The Hall–Kier alpha value is -3.57. The number of methoxy groups -OCH3 is 1. The van der Waals surface area contributed by atoms with Crippen LogP contribution >= 0.6 is 0 Å². The number of nitrogens with zero attached hydrogens (tertiary/aromatic N) is 4. The molecule has 1 unspecified atom stereocenters. The third kappa shape index (κ3) is 3.35. The van der Waals surface area contributed by atoms with Crippen LogP contribution in [-0.2, 0) is 16.1 Å². The summed E-state index contributed by atoms with van der Waals surface area (Å²) < 4.78 is 5.25. The predicted molar refractivity (Wildman–Crippen MR) is 104 cm³/mol. The Labute approximate surface area is 161 Å². The Morgan fingerprint density at radius 2 is 2.29 bits per heavy atom. The lowest BCUT2D eigenvalue weighted by Crippen LogP contribution is -2.15. The van der Waals surface area contributed by atoms with E-state index in [0.717, 1.165) is 16.5 Å². The van der Waals surface area contributed by atoms with Crippen LogP contribution in [0.5, 0.6) is 0 Å². The van der Waals surface area contributed by atoms with Crippen LogP contribution in [0.3, 0.4) is 0 Å². The van der Waals surface area contributed by atoms with Gasteiger partial charge in [0, 0.05) is 36.7 Å². The fourth-order valence-electron chi connectivity index (χ4n) is 3.16. The molecule has 0 bridgehead atoms. The van der Waals surface area contributed by atoms with Gasteiger partial charge in [-0.1, -0.05) is 0 Å². The molecule has 3 aromatic rings. The van der Waals surface area contributed by atoms with Gasteiger partial charge >= 0.3 is 0 Å². The topological polar surface area (TPSA) is 127 Å². The van der Waals surface area contributed by atoms with E-state index < -0.39 is 0 Å². The van der Waals surface area contributed by atoms with E-state index in [-0.39, 0.29) is 17.7 Å². The van der Waals surface area contributed by atoms with Gasteiger partial charge < -0.3 is 15.8 Å². The number of amides is 1. The summed E-state index contributed by atoms with van der Waals surface area (Å²) in [6, 6.07) is 7.63. The molecule has 28 heavy (non-hydrogen) atoms. The molecule has 1 aliphatic rings. The number of nitrogen functional groups attached to an aromatic ring is 1. The third-order valence-electron chi connectivity index (χ3n) is 4.78. The highest BCUT2D eigenvalue weighted by atomic mass is 16.5. The molecule has 0 aliphatic heterocycles. The van der Waals surface area contributed by atoms with Crippen LogP contribution in [0.1, 0.15) is 12.0 Å². The Balaban J connectivity index is 1.69. The molecule has 1 fully saturated rings. The minimum Gasteiger partial charge on any atom is -0.383 e. The fraction of sp³-hybridized carbons (Fsp3) is 0.250. The van der Waals surface area contributed by atoms with Crippen molar-refractivity contribution in [1.82, 2.24) is 15.0 Å². The third-order valence-corrected chi connectivity index (χ3v) is 4.78. The Morgan fingerprint density at radius 3 is 3.04 bits per heavy atom. The van der Waals surface area contributed by atoms with E-state index >= 15 is 0 Å². The number of ether oxygens (including phenoxy) is 1. The first-order chi connectivity index (χ1) is 13.6. The predicted octanol–water partition coefficient (Wildman–Crippen LogP) is 2.52. The molecule has 8 heteroatoms. The van der Waals surface area contributed by atoms with Crippen LogP contribution in [0.4, 0.5) is 11.6 Å². The Kier molecular flexibility index (Phi) is 4.59. The number of nitrogens with two attached hydrogens (primary N) is 1. The molecule has 1 saturated carbocycles. The molecule has 0 spiro atoms. The number of fused-ring (bicyclic) bond motifs is 1. The SMILES string of the molecule is COCc1ccncc1-c1cc2cc(NC(=O)[C@H]3CC3C#N)ncc2c(N)n1. The highest BCUT2D eigenvalue weighted by Crippen LogP contribution is 2.38. The molecule has 1 aliphatic carbocycles. The normalized spacial score (nSPS) is 17.9. The minimum absolute atomic E-state index is 0.185. The zero-order valence-electron chi connectivity index (χ0n) is 15.2. The van der Waals surface area contributed by atoms with Crippen LogP contribution in [0.25, 0.3) is 22.0 Å². The largest absolute Gasteiger partial charge is 0.383 e. The quantitative estimate of drug-likeness (QED) is 0.702. The van der Waals surface area contributed by atoms with Gasteiger partial charge in [0.2, 0.25) is 5.91 Å². The lowest BCUT2D eigenvalue weighted by Gasteiger charge is -2.11. The first kappa shape index (κ1) is 17.8. The maximum absolute atomic E-state index is 12.2. The van der Waals surface area contributed by atoms with E-state index in [1.807, 2.05) is 12.1 Å². The minimum atomic E-state index is -0.257. The molecule has 1 amide bonds. The molecular formula is C20H18N6O2. The lowest BCUT2D eigenvalue weighted by molar-refractivity contribution is -0.117. The molecule has 8 nitrogen and oxygen atoms in total. The first-order valence-corrected chi connectivity index (χ1v) is 8.79. The van der Waals surface area contributed by atoms with Gasteiger partial charge in [0.15, 0.2) is 0 Å². The van der Waals surface area contributed by atoms with Gasteiger partial charge in [-0.05, 0) is 35.6 Å². The van der Waals surface area contributed by atoms with Gasteiger partial charge in [0.05, 0.1) is 30.2 Å². The number of carbonyl (C=O) groups excluding carboxylic acids is 1. The average Bonchev–Trinajstić information content (AvgIpc) is 3.48. The number of nitriles is 1. The van der Waals surface area contributed by atoms with Crippen molar-refractivity contribution < 1.29 is 9.53 Å². The van der Waals surface area contributed by atoms with E-state index in [4.69, 9.17) is 15.7 Å². The number of rotatable bonds is 5. The van der Waals surface area contributed by atoms with E-state index in [1.54, 1.807) is 31.8 Å². The molecule has 0 aromatic carbocycles. The summed E-state index contributed by atoms with van der Waals surface area (Å²) in [6.45, 7) is 0.427. The van der Waals surface area contributed by atoms with Gasteiger partial charge in [0.25, 0.3) is 0 Å². The second-order valence-corrected chi connectivity index (χ2v) is 6.72. The summed E-state index contributed by atoms with van der Waals surface area (Å²) in [5.74, 6) is 0.123. The first-order valence-electron chi connectivity index (χ1n) is 8.79. The van der Waals surface area contributed by atoms with Crippen molar-refractivity contribution in [3.63, 3.8) is 0 Å². The maximum atomic E-state index is 12.2. The van der Waals surface area contributed by atoms with Crippen molar-refractivity contribution in [1.29, 1.82) is 5.26 Å². The highest BCUT2D eigenvalue weighted by molar-refractivity contribution is 5.98. The number of hydrogen-bond donors (Lipinski definition) is 2. The number of anilines is 2. The average molecular weight is 374 g/mol. The summed E-state index contributed by atoms with van der Waals surface area (Å²) in [6.07, 6.45) is 5.61. The molecule has 2 atom stereocenters. The summed E-state index contributed by atoms with van der Waals surface area (Å²) in [4.78, 5) is 25.1. The zero-order valence-corrected chi connectivity index (χ0v) is 15.2. The molecule has 3 aromatic heterocycles. The van der Waals surface area contributed by atoms with Gasteiger partial charge in [0.1, 0.15) is 11.6 Å².